The van der Waals surface area contributed by atoms with Gasteiger partial charge in [-0.25, -0.2) is 0 Å². The van der Waals surface area contributed by atoms with Crippen molar-refractivity contribution < 1.29 is 14.1 Å². The molecule has 0 spiro atoms. The Balaban J connectivity index is 1.62. The highest BCUT2D eigenvalue weighted by atomic mass is 79.9. The molecule has 2 aromatic carbocycles. The summed E-state index contributed by atoms with van der Waals surface area (Å²) in [5, 5.41) is 6.76. The van der Waals surface area contributed by atoms with Crippen molar-refractivity contribution in [2.75, 3.05) is 5.32 Å². The van der Waals surface area contributed by atoms with Crippen molar-refractivity contribution in [3.63, 3.8) is 0 Å². The average Bonchev–Trinajstić information content (AvgIpc) is 2.92. The van der Waals surface area contributed by atoms with Crippen LogP contribution >= 0.6 is 15.9 Å². The molecule has 0 atom stereocenters. The molecule has 0 saturated carbocycles. The minimum absolute atomic E-state index is 0.171. The van der Waals surface area contributed by atoms with Gasteiger partial charge in [0.1, 0.15) is 18.1 Å². The van der Waals surface area contributed by atoms with E-state index in [-0.39, 0.29) is 5.91 Å². The zero-order valence-electron chi connectivity index (χ0n) is 13.9. The molecule has 3 rings (SSSR count). The van der Waals surface area contributed by atoms with Crippen LogP contribution < -0.4 is 10.1 Å². The summed E-state index contributed by atoms with van der Waals surface area (Å²) in [6.45, 7) is 4.11. The zero-order chi connectivity index (χ0) is 17.8. The molecule has 1 amide bonds. The van der Waals surface area contributed by atoms with Crippen molar-refractivity contribution in [2.24, 2.45) is 0 Å². The second-order valence-electron chi connectivity index (χ2n) is 5.58. The third-order valence-electron chi connectivity index (χ3n) is 3.76. The summed E-state index contributed by atoms with van der Waals surface area (Å²) in [7, 11) is 0. The van der Waals surface area contributed by atoms with Crippen molar-refractivity contribution >= 4 is 27.5 Å². The number of aromatic nitrogens is 1. The predicted octanol–water partition coefficient (Wildman–Crippen LogP) is 4.89. The Hall–Kier alpha value is -2.60. The first-order valence-corrected chi connectivity index (χ1v) is 8.54. The molecule has 5 nitrogen and oxygen atoms in total. The monoisotopic (exact) mass is 400 g/mol. The van der Waals surface area contributed by atoms with Crippen molar-refractivity contribution in [1.29, 1.82) is 0 Å². The summed E-state index contributed by atoms with van der Waals surface area (Å²) in [5.41, 5.74) is 3.06. The summed E-state index contributed by atoms with van der Waals surface area (Å²) in [5.74, 6) is 1.26. The molecule has 0 saturated heterocycles. The van der Waals surface area contributed by atoms with Gasteiger partial charge in [0.15, 0.2) is 0 Å². The van der Waals surface area contributed by atoms with E-state index in [0.717, 1.165) is 27.2 Å². The number of hydrogen-bond donors (Lipinski definition) is 1. The van der Waals surface area contributed by atoms with E-state index in [1.165, 1.54) is 0 Å². The average molecular weight is 401 g/mol. The number of anilines is 1. The number of amides is 1. The highest BCUT2D eigenvalue weighted by molar-refractivity contribution is 9.10. The maximum absolute atomic E-state index is 12.3. The van der Waals surface area contributed by atoms with Crippen LogP contribution in [0.3, 0.4) is 0 Å². The van der Waals surface area contributed by atoms with Gasteiger partial charge in [0.2, 0.25) is 0 Å². The third-order valence-corrected chi connectivity index (χ3v) is 4.26. The van der Waals surface area contributed by atoms with Crippen LogP contribution in [0.4, 0.5) is 5.69 Å². The Labute approximate surface area is 154 Å². The molecular formula is C19H17BrN2O3. The molecule has 0 bridgehead atoms. The van der Waals surface area contributed by atoms with Gasteiger partial charge in [-0.05, 0) is 56.3 Å². The molecule has 0 aliphatic heterocycles. The predicted molar refractivity (Wildman–Crippen MR) is 98.8 cm³/mol. The zero-order valence-corrected chi connectivity index (χ0v) is 15.5. The lowest BCUT2D eigenvalue weighted by Crippen LogP contribution is -2.11. The van der Waals surface area contributed by atoms with Crippen molar-refractivity contribution in [2.45, 2.75) is 20.5 Å². The fourth-order valence-electron chi connectivity index (χ4n) is 2.34. The van der Waals surface area contributed by atoms with Crippen LogP contribution in [-0.2, 0) is 6.61 Å². The molecule has 1 aromatic heterocycles. The maximum atomic E-state index is 12.3. The van der Waals surface area contributed by atoms with Crippen molar-refractivity contribution in [3.05, 3.63) is 75.6 Å². The van der Waals surface area contributed by atoms with Gasteiger partial charge in [-0.3, -0.25) is 4.79 Å². The van der Waals surface area contributed by atoms with Crippen LogP contribution in [0.25, 0.3) is 0 Å². The molecule has 0 aliphatic carbocycles. The van der Waals surface area contributed by atoms with E-state index in [9.17, 15) is 4.79 Å². The maximum Gasteiger partial charge on any atom is 0.255 e. The number of aryl methyl sites for hydroxylation is 2. The number of hydrogen-bond acceptors (Lipinski definition) is 4. The van der Waals surface area contributed by atoms with Crippen molar-refractivity contribution in [1.82, 2.24) is 5.16 Å². The van der Waals surface area contributed by atoms with Gasteiger partial charge >= 0.3 is 0 Å². The van der Waals surface area contributed by atoms with Crippen molar-refractivity contribution in [3.8, 4) is 5.75 Å². The lowest BCUT2D eigenvalue weighted by molar-refractivity contribution is 0.102. The van der Waals surface area contributed by atoms with Gasteiger partial charge in [-0.15, -0.1) is 0 Å². The second kappa shape index (κ2) is 7.53. The van der Waals surface area contributed by atoms with Crippen LogP contribution in [0.1, 0.15) is 27.4 Å². The lowest BCUT2D eigenvalue weighted by atomic mass is 10.2. The smallest absolute Gasteiger partial charge is 0.255 e. The normalized spacial score (nSPS) is 10.5. The first kappa shape index (κ1) is 17.2. The number of carbonyl (C=O) groups is 1. The first-order chi connectivity index (χ1) is 12.0. The SMILES string of the molecule is Cc1noc(C)c1COc1ccc(C(=O)Nc2cccc(Br)c2)cc1. The highest BCUT2D eigenvalue weighted by Gasteiger charge is 2.10. The molecule has 128 valence electrons. The number of rotatable bonds is 5. The van der Waals surface area contributed by atoms with E-state index in [1.54, 1.807) is 24.3 Å². The topological polar surface area (TPSA) is 64.4 Å². The highest BCUT2D eigenvalue weighted by Crippen LogP contribution is 2.19. The van der Waals surface area contributed by atoms with Gasteiger partial charge in [0, 0.05) is 15.7 Å². The van der Waals surface area contributed by atoms with Gasteiger partial charge in [0.25, 0.3) is 5.91 Å². The third kappa shape index (κ3) is 4.28. The van der Waals surface area contributed by atoms with E-state index >= 15 is 0 Å². The van der Waals surface area contributed by atoms with E-state index < -0.39 is 0 Å². The lowest BCUT2D eigenvalue weighted by Gasteiger charge is -2.08. The molecule has 3 aromatic rings. The standard InChI is InChI=1S/C19H17BrN2O3/c1-12-18(13(2)25-22-12)11-24-17-8-6-14(7-9-17)19(23)21-16-5-3-4-15(20)10-16/h3-10H,11H2,1-2H3,(H,21,23). The fourth-order valence-corrected chi connectivity index (χ4v) is 2.73. The van der Waals surface area contributed by atoms with E-state index in [1.807, 2.05) is 38.1 Å². The number of benzene rings is 2. The van der Waals surface area contributed by atoms with Gasteiger partial charge < -0.3 is 14.6 Å². The van der Waals surface area contributed by atoms with Gasteiger partial charge in [-0.2, -0.15) is 0 Å². The molecular weight excluding hydrogens is 384 g/mol. The Kier molecular flexibility index (Phi) is 5.19. The van der Waals surface area contributed by atoms with E-state index in [0.29, 0.717) is 17.9 Å². The van der Waals surface area contributed by atoms with E-state index in [4.69, 9.17) is 9.26 Å². The Morgan fingerprint density at radius 2 is 1.96 bits per heavy atom. The molecule has 1 N–H and O–H groups in total. The number of nitrogens with one attached hydrogen (secondary N) is 1. The number of carbonyl (C=O) groups excluding carboxylic acids is 1. The Bertz CT molecular complexity index is 868. The molecule has 0 fully saturated rings. The molecule has 1 heterocycles. The van der Waals surface area contributed by atoms with Crippen LogP contribution in [0.2, 0.25) is 0 Å². The fraction of sp³-hybridized carbons (Fsp3) is 0.158. The summed E-state index contributed by atoms with van der Waals surface area (Å²) in [6.07, 6.45) is 0. The summed E-state index contributed by atoms with van der Waals surface area (Å²) in [6, 6.07) is 14.5. The van der Waals surface area contributed by atoms with Crippen LogP contribution in [0.5, 0.6) is 5.75 Å². The Morgan fingerprint density at radius 1 is 1.20 bits per heavy atom. The van der Waals surface area contributed by atoms with Crippen LogP contribution in [0.15, 0.2) is 57.5 Å². The quantitative estimate of drug-likeness (QED) is 0.662. The minimum Gasteiger partial charge on any atom is -0.489 e. The molecule has 0 unspecified atom stereocenters. The summed E-state index contributed by atoms with van der Waals surface area (Å²) < 4.78 is 11.8. The first-order valence-electron chi connectivity index (χ1n) is 7.74. The molecule has 0 aliphatic rings. The van der Waals surface area contributed by atoms with E-state index in [2.05, 4.69) is 26.4 Å². The molecule has 6 heteroatoms. The Morgan fingerprint density at radius 3 is 2.60 bits per heavy atom. The molecule has 25 heavy (non-hydrogen) atoms. The minimum atomic E-state index is -0.171. The van der Waals surface area contributed by atoms with Crippen LogP contribution in [-0.4, -0.2) is 11.1 Å². The van der Waals surface area contributed by atoms with Gasteiger partial charge in [0.05, 0.1) is 11.3 Å². The summed E-state index contributed by atoms with van der Waals surface area (Å²) >= 11 is 3.38. The number of halogens is 1. The van der Waals surface area contributed by atoms with Gasteiger partial charge in [-0.1, -0.05) is 27.2 Å². The molecule has 0 radical (unpaired) electrons. The summed E-state index contributed by atoms with van der Waals surface area (Å²) in [4.78, 5) is 12.3. The number of ether oxygens (including phenoxy) is 1. The van der Waals surface area contributed by atoms with Crippen LogP contribution in [0, 0.1) is 13.8 Å². The second-order valence-corrected chi connectivity index (χ2v) is 6.50. The largest absolute Gasteiger partial charge is 0.489 e. The number of nitrogens with zero attached hydrogens (tertiary/aromatic N) is 1.